The van der Waals surface area contributed by atoms with Crippen molar-refractivity contribution < 1.29 is 19.4 Å². The lowest BCUT2D eigenvalue weighted by Crippen LogP contribution is -2.32. The summed E-state index contributed by atoms with van der Waals surface area (Å²) in [6.45, 7) is 4.63. The molecule has 1 aromatic carbocycles. The predicted octanol–water partition coefficient (Wildman–Crippen LogP) is 3.86. The van der Waals surface area contributed by atoms with E-state index in [4.69, 9.17) is 27.9 Å². The van der Waals surface area contributed by atoms with Gasteiger partial charge in [-0.15, -0.1) is 0 Å². The second kappa shape index (κ2) is 7.51. The average molecular weight is 398 g/mol. The van der Waals surface area contributed by atoms with Crippen LogP contribution < -0.4 is 5.56 Å². The number of hydrogen-bond donors (Lipinski definition) is 1. The molecule has 0 saturated heterocycles. The van der Waals surface area contributed by atoms with E-state index in [-0.39, 0.29) is 10.0 Å². The van der Waals surface area contributed by atoms with Crippen LogP contribution >= 0.6 is 23.2 Å². The topological polar surface area (TPSA) is 85.6 Å². The van der Waals surface area contributed by atoms with Crippen molar-refractivity contribution in [3.05, 3.63) is 56.4 Å². The van der Waals surface area contributed by atoms with Crippen LogP contribution in [0.5, 0.6) is 0 Å². The molecule has 1 N–H and O–H groups in total. The van der Waals surface area contributed by atoms with Crippen LogP contribution in [0.4, 0.5) is 0 Å². The van der Waals surface area contributed by atoms with E-state index in [0.717, 1.165) is 4.57 Å². The van der Waals surface area contributed by atoms with Crippen LogP contribution in [0.2, 0.25) is 10.0 Å². The number of esters is 1. The summed E-state index contributed by atoms with van der Waals surface area (Å²) in [5, 5.41) is 9.90. The van der Waals surface area contributed by atoms with Crippen LogP contribution in [0.3, 0.4) is 0 Å². The second-order valence-corrected chi connectivity index (χ2v) is 7.38. The Bertz CT molecular complexity index is 908. The van der Waals surface area contributed by atoms with Gasteiger partial charge in [0.1, 0.15) is 17.7 Å². The summed E-state index contributed by atoms with van der Waals surface area (Å²) in [4.78, 5) is 35.9. The monoisotopic (exact) mass is 397 g/mol. The first-order chi connectivity index (χ1) is 12.0. The summed E-state index contributed by atoms with van der Waals surface area (Å²) in [6, 6.07) is 6.01. The van der Waals surface area contributed by atoms with E-state index in [9.17, 15) is 19.5 Å². The summed E-state index contributed by atoms with van der Waals surface area (Å²) in [7, 11) is 0. The molecule has 0 amide bonds. The number of hydrogen-bond acceptors (Lipinski definition) is 4. The predicted molar refractivity (Wildman–Crippen MR) is 99.0 cm³/mol. The summed E-state index contributed by atoms with van der Waals surface area (Å²) < 4.78 is 6.17. The highest BCUT2D eigenvalue weighted by Crippen LogP contribution is 2.34. The molecule has 1 aromatic heterocycles. The number of carbonyl (C=O) groups excluding carboxylic acids is 1. The van der Waals surface area contributed by atoms with E-state index in [1.54, 1.807) is 39.0 Å². The molecule has 0 radical (unpaired) electrons. The van der Waals surface area contributed by atoms with Crippen molar-refractivity contribution in [1.29, 1.82) is 0 Å². The van der Waals surface area contributed by atoms with Gasteiger partial charge in [0.15, 0.2) is 0 Å². The number of pyridine rings is 1. The number of benzene rings is 1. The molecule has 0 aliphatic carbocycles. The van der Waals surface area contributed by atoms with Crippen LogP contribution in [-0.2, 0) is 16.1 Å². The highest BCUT2D eigenvalue weighted by atomic mass is 35.5. The van der Waals surface area contributed by atoms with Gasteiger partial charge in [0.2, 0.25) is 0 Å². The number of ether oxygens (including phenoxy) is 1. The fourth-order valence-electron chi connectivity index (χ4n) is 2.33. The molecule has 1 heterocycles. The number of halogens is 2. The number of aromatic nitrogens is 1. The Morgan fingerprint density at radius 2 is 1.77 bits per heavy atom. The van der Waals surface area contributed by atoms with Gasteiger partial charge < -0.3 is 14.4 Å². The molecule has 2 aromatic rings. The molecule has 8 heteroatoms. The van der Waals surface area contributed by atoms with Crippen LogP contribution in [-0.4, -0.2) is 27.2 Å². The molecule has 0 saturated carbocycles. The van der Waals surface area contributed by atoms with Crippen molar-refractivity contribution in [2.45, 2.75) is 32.9 Å². The van der Waals surface area contributed by atoms with Gasteiger partial charge in [-0.25, -0.2) is 4.79 Å². The summed E-state index contributed by atoms with van der Waals surface area (Å²) in [5.41, 5.74) is -1.38. The molecule has 2 rings (SSSR count). The van der Waals surface area contributed by atoms with Crippen molar-refractivity contribution in [2.75, 3.05) is 0 Å². The minimum atomic E-state index is -1.42. The summed E-state index contributed by atoms with van der Waals surface area (Å²) in [5.74, 6) is -2.09. The lowest BCUT2D eigenvalue weighted by molar-refractivity contribution is -0.155. The van der Waals surface area contributed by atoms with Gasteiger partial charge in [0.05, 0.1) is 0 Å². The van der Waals surface area contributed by atoms with Crippen molar-refractivity contribution in [1.82, 2.24) is 4.57 Å². The fourth-order valence-corrected chi connectivity index (χ4v) is 2.95. The molecule has 138 valence electrons. The van der Waals surface area contributed by atoms with Crippen molar-refractivity contribution >= 4 is 35.1 Å². The smallest absolute Gasteiger partial charge is 0.341 e. The molecule has 0 atom stereocenters. The van der Waals surface area contributed by atoms with Gasteiger partial charge in [-0.2, -0.15) is 0 Å². The van der Waals surface area contributed by atoms with Gasteiger partial charge in [-0.05, 0) is 39.0 Å². The molecule has 0 aliphatic rings. The number of carbonyl (C=O) groups is 2. The molecule has 0 unspecified atom stereocenters. The molecular formula is C18H17Cl2NO5. The molecule has 6 nitrogen and oxygen atoms in total. The number of aromatic carboxylic acids is 1. The molecule has 0 fully saturated rings. The molecule has 0 bridgehead atoms. The van der Waals surface area contributed by atoms with Gasteiger partial charge in [-0.3, -0.25) is 9.59 Å². The van der Waals surface area contributed by atoms with Gasteiger partial charge in [0.25, 0.3) is 5.56 Å². The third kappa shape index (κ3) is 4.65. The molecule has 0 aliphatic heterocycles. The first kappa shape index (κ1) is 20.0. The Hall–Kier alpha value is -2.31. The SMILES string of the molecule is CC(C)(C)OC(=O)Cn1cc(-c2c(Cl)cccc2Cl)cc(C(=O)O)c1=O. The zero-order valence-corrected chi connectivity index (χ0v) is 15.9. The third-order valence-corrected chi connectivity index (χ3v) is 3.92. The van der Waals surface area contributed by atoms with Crippen molar-refractivity contribution in [3.8, 4) is 11.1 Å². The standard InChI is InChI=1S/C18H17Cl2NO5/c1-18(2,3)26-14(22)9-21-8-10(7-11(16(21)23)17(24)25)15-12(19)5-4-6-13(15)20/h4-8H,9H2,1-3H3,(H,24,25). The van der Waals surface area contributed by atoms with Crippen LogP contribution in [0.1, 0.15) is 31.1 Å². The number of rotatable bonds is 4. The molecule has 0 spiro atoms. The van der Waals surface area contributed by atoms with Crippen LogP contribution in [0, 0.1) is 0 Å². The van der Waals surface area contributed by atoms with Crippen molar-refractivity contribution in [3.63, 3.8) is 0 Å². The Morgan fingerprint density at radius 3 is 2.27 bits per heavy atom. The maximum atomic E-state index is 12.4. The minimum Gasteiger partial charge on any atom is -0.477 e. The first-order valence-corrected chi connectivity index (χ1v) is 8.39. The van der Waals surface area contributed by atoms with Gasteiger partial charge in [0, 0.05) is 27.4 Å². The lowest BCUT2D eigenvalue weighted by Gasteiger charge is -2.20. The molecular weight excluding hydrogens is 381 g/mol. The van der Waals surface area contributed by atoms with E-state index in [0.29, 0.717) is 11.1 Å². The van der Waals surface area contributed by atoms with Gasteiger partial charge in [-0.1, -0.05) is 29.3 Å². The van der Waals surface area contributed by atoms with E-state index < -0.39 is 35.2 Å². The highest BCUT2D eigenvalue weighted by Gasteiger charge is 2.21. The maximum absolute atomic E-state index is 12.4. The fraction of sp³-hybridized carbons (Fsp3) is 0.278. The van der Waals surface area contributed by atoms with Gasteiger partial charge >= 0.3 is 11.9 Å². The van der Waals surface area contributed by atoms with E-state index >= 15 is 0 Å². The Labute approximate surface area is 159 Å². The van der Waals surface area contributed by atoms with Crippen LogP contribution in [0.25, 0.3) is 11.1 Å². The minimum absolute atomic E-state index is 0.288. The number of nitrogens with zero attached hydrogens (tertiary/aromatic N) is 1. The lowest BCUT2D eigenvalue weighted by atomic mass is 10.1. The number of carboxylic acid groups (broad SMARTS) is 1. The average Bonchev–Trinajstić information content (AvgIpc) is 2.47. The van der Waals surface area contributed by atoms with E-state index in [2.05, 4.69) is 0 Å². The largest absolute Gasteiger partial charge is 0.477 e. The number of carboxylic acids is 1. The molecule has 26 heavy (non-hydrogen) atoms. The Balaban J connectivity index is 2.59. The zero-order chi connectivity index (χ0) is 19.6. The Morgan fingerprint density at radius 1 is 1.19 bits per heavy atom. The van der Waals surface area contributed by atoms with Crippen LogP contribution in [0.15, 0.2) is 35.3 Å². The summed E-state index contributed by atoms with van der Waals surface area (Å²) >= 11 is 12.3. The Kier molecular flexibility index (Phi) is 5.78. The van der Waals surface area contributed by atoms with E-state index in [1.165, 1.54) is 12.3 Å². The third-order valence-electron chi connectivity index (χ3n) is 3.29. The summed E-state index contributed by atoms with van der Waals surface area (Å²) in [6.07, 6.45) is 1.34. The van der Waals surface area contributed by atoms with E-state index in [1.807, 2.05) is 0 Å². The maximum Gasteiger partial charge on any atom is 0.341 e. The first-order valence-electron chi connectivity index (χ1n) is 7.63. The normalized spacial score (nSPS) is 11.3. The quantitative estimate of drug-likeness (QED) is 0.791. The second-order valence-electron chi connectivity index (χ2n) is 6.56. The highest BCUT2D eigenvalue weighted by molar-refractivity contribution is 6.39. The zero-order valence-electron chi connectivity index (χ0n) is 14.4. The van der Waals surface area contributed by atoms with Crippen molar-refractivity contribution in [2.24, 2.45) is 0 Å².